The van der Waals surface area contributed by atoms with Gasteiger partial charge in [-0.1, -0.05) is 104 Å². The molecule has 0 fully saturated rings. The Labute approximate surface area is 508 Å². The Hall–Kier alpha value is -6.56. The Morgan fingerprint density at radius 2 is 0.295 bits per heavy atom. The molecule has 8 aromatic heterocycles. The molecule has 0 N–H and O–H groups in total. The van der Waals surface area contributed by atoms with Crippen LogP contribution >= 0.6 is 48.9 Å². The van der Waals surface area contributed by atoms with E-state index < -0.39 is 0 Å². The first-order chi connectivity index (χ1) is 37.1. The summed E-state index contributed by atoms with van der Waals surface area (Å²) >= 11 is 14.8. The molecule has 0 unspecified atom stereocenters. The van der Waals surface area contributed by atoms with E-state index in [0.717, 1.165) is 51.4 Å². The van der Waals surface area contributed by atoms with Crippen LogP contribution in [0.1, 0.15) is 99.9 Å². The predicted octanol–water partition coefficient (Wildman–Crippen LogP) is 15.8. The Bertz CT molecular complexity index is 2020. The first-order valence-corrected chi connectivity index (χ1v) is 25.9. The number of nitrogens with zero attached hydrogens (tertiary/aromatic N) is 12. The zero-order chi connectivity index (χ0) is 57.4. The van der Waals surface area contributed by atoms with Crippen LogP contribution in [0.2, 0.25) is 0 Å². The molecule has 0 bridgehead atoms. The molecule has 0 aliphatic rings. The fourth-order valence-corrected chi connectivity index (χ4v) is 4.95. The summed E-state index contributed by atoms with van der Waals surface area (Å²) in [5, 5.41) is 33.9. The second-order valence-corrected chi connectivity index (χ2v) is 14.8. The standard InChI is InChI=1S/8C7H9N.4CNS.2Mn/c8*1-2-7-3-5-8-6-4-7;4*2-1-3;;/h8*3-6H,2H2,1H3;;;;;;/q;;;;;;;;4*-1;2*+2. The van der Waals surface area contributed by atoms with Gasteiger partial charge in [0.2, 0.25) is 0 Å². The predicted molar refractivity (Wildman–Crippen MR) is 333 cm³/mol. The Balaban J connectivity index is -0.000000184. The minimum atomic E-state index is 0. The zero-order valence-electron chi connectivity index (χ0n) is 45.9. The molecule has 0 amide bonds. The van der Waals surface area contributed by atoms with E-state index in [1.54, 1.807) is 0 Å². The van der Waals surface area contributed by atoms with E-state index in [9.17, 15) is 0 Å². The summed E-state index contributed by atoms with van der Waals surface area (Å²) in [7, 11) is 0. The van der Waals surface area contributed by atoms with Crippen molar-refractivity contribution >= 4 is 69.5 Å². The third-order valence-corrected chi connectivity index (χ3v) is 9.26. The fraction of sp³-hybridized carbons (Fsp3) is 0.267. The number of aryl methyl sites for hydroxylation is 8. The summed E-state index contributed by atoms with van der Waals surface area (Å²) in [5.74, 6) is 0. The van der Waals surface area contributed by atoms with E-state index in [4.69, 9.17) is 21.6 Å². The van der Waals surface area contributed by atoms with E-state index in [-0.39, 0.29) is 34.1 Å². The molecular formula is C60H72Mn2N12S4. The van der Waals surface area contributed by atoms with Crippen LogP contribution in [0, 0.1) is 0 Å². The topological polar surface area (TPSA) is 192 Å². The molecule has 0 saturated heterocycles. The van der Waals surface area contributed by atoms with Gasteiger partial charge in [0, 0.05) is 99.1 Å². The number of hydrogen-bond donors (Lipinski definition) is 0. The van der Waals surface area contributed by atoms with Crippen molar-refractivity contribution in [1.82, 2.24) is 39.9 Å². The number of pyridine rings is 8. The molecule has 0 atom stereocenters. The first-order valence-electron chi connectivity index (χ1n) is 24.3. The summed E-state index contributed by atoms with van der Waals surface area (Å²) in [4.78, 5) is 31.1. The molecule has 8 heterocycles. The van der Waals surface area contributed by atoms with Gasteiger partial charge in [-0.2, -0.15) is 20.6 Å². The Morgan fingerprint density at radius 1 is 0.231 bits per heavy atom. The van der Waals surface area contributed by atoms with Gasteiger partial charge in [-0.3, -0.25) is 39.9 Å². The average Bonchev–Trinajstić information content (AvgIpc) is 3.50. The van der Waals surface area contributed by atoms with E-state index in [1.807, 2.05) is 196 Å². The van der Waals surface area contributed by atoms with Crippen LogP contribution in [0.4, 0.5) is 0 Å². The van der Waals surface area contributed by atoms with Gasteiger partial charge in [0.1, 0.15) is 0 Å². The van der Waals surface area contributed by atoms with Crippen molar-refractivity contribution in [3.8, 4) is 0 Å². The Morgan fingerprint density at radius 3 is 0.333 bits per heavy atom. The van der Waals surface area contributed by atoms with Crippen LogP contribution in [0.25, 0.3) is 21.6 Å². The molecule has 0 aromatic carbocycles. The Kier molecular flexibility index (Phi) is 74.7. The number of hydrogen-bond acceptors (Lipinski definition) is 12. The van der Waals surface area contributed by atoms with Gasteiger partial charge in [0.05, 0.1) is 0 Å². The van der Waals surface area contributed by atoms with E-state index >= 15 is 0 Å². The summed E-state index contributed by atoms with van der Waals surface area (Å²) in [6.45, 7) is 17.1. The quantitative estimate of drug-likeness (QED) is 0.0795. The minimum Gasteiger partial charge on any atom is -0.753 e. The molecule has 0 aliphatic carbocycles. The van der Waals surface area contributed by atoms with Crippen LogP contribution in [0.15, 0.2) is 196 Å². The largest absolute Gasteiger partial charge is 2.00 e. The summed E-state index contributed by atoms with van der Waals surface area (Å²) in [5.41, 5.74) is 10.8. The zero-order valence-corrected chi connectivity index (χ0v) is 51.5. The van der Waals surface area contributed by atoms with Gasteiger partial charge in [-0.15, -0.1) is 0 Å². The van der Waals surface area contributed by atoms with Crippen LogP contribution in [-0.2, 0) is 85.5 Å². The van der Waals surface area contributed by atoms with E-state index in [0.29, 0.717) is 0 Å². The monoisotopic (exact) mass is 1200 g/mol. The second kappa shape index (κ2) is 70.4. The van der Waals surface area contributed by atoms with Crippen LogP contribution in [0.3, 0.4) is 0 Å². The molecule has 0 aliphatic heterocycles. The fourth-order valence-electron chi connectivity index (χ4n) is 4.95. The molecule has 78 heavy (non-hydrogen) atoms. The van der Waals surface area contributed by atoms with Gasteiger partial charge < -0.3 is 21.6 Å². The molecule has 8 rings (SSSR count). The van der Waals surface area contributed by atoms with Gasteiger partial charge in [0.25, 0.3) is 0 Å². The van der Waals surface area contributed by atoms with Crippen molar-refractivity contribution in [3.05, 3.63) is 262 Å². The van der Waals surface area contributed by atoms with Crippen LogP contribution < -0.4 is 0 Å². The molecule has 18 heteroatoms. The molecule has 8 aromatic rings. The molecule has 0 spiro atoms. The van der Waals surface area contributed by atoms with Gasteiger partial charge in [-0.05, 0) is 193 Å². The molecule has 2 radical (unpaired) electrons. The van der Waals surface area contributed by atoms with Crippen molar-refractivity contribution in [2.24, 2.45) is 0 Å². The van der Waals surface area contributed by atoms with Crippen molar-refractivity contribution in [3.63, 3.8) is 0 Å². The average molecular weight is 1200 g/mol. The van der Waals surface area contributed by atoms with Crippen molar-refractivity contribution in [1.29, 1.82) is 0 Å². The van der Waals surface area contributed by atoms with Gasteiger partial charge in [-0.25, -0.2) is 0 Å². The number of rotatable bonds is 8. The summed E-state index contributed by atoms with van der Waals surface area (Å²) < 4.78 is 0. The number of thiocarbonyl (C=S) groups is 4. The van der Waals surface area contributed by atoms with Gasteiger partial charge in [0.15, 0.2) is 0 Å². The SMILES string of the molecule is CCc1ccncc1.CCc1ccncc1.CCc1ccncc1.CCc1ccncc1.CCc1ccncc1.CCc1ccncc1.CCc1ccncc1.CCc1ccncc1.[Mn+2].[Mn+2].[N-]=C=S.[N-]=C=S.[N-]=C=S.[N-]=C=S. The normalized spacial score (nSPS) is 7.90. The third-order valence-electron chi connectivity index (χ3n) is 9.26. The maximum atomic E-state index is 7.13. The molecule has 0 saturated carbocycles. The molecule has 12 nitrogen and oxygen atoms in total. The minimum absolute atomic E-state index is 0. The van der Waals surface area contributed by atoms with E-state index in [2.05, 4.69) is 144 Å². The summed E-state index contributed by atoms with van der Waals surface area (Å²) in [6.07, 6.45) is 37.9. The van der Waals surface area contributed by atoms with Crippen LogP contribution in [0.5, 0.6) is 0 Å². The smallest absolute Gasteiger partial charge is 0.753 e. The molecular weight excluding hydrogens is 1130 g/mol. The van der Waals surface area contributed by atoms with Crippen molar-refractivity contribution < 1.29 is 34.1 Å². The maximum absolute atomic E-state index is 7.13. The third kappa shape index (κ3) is 60.3. The maximum Gasteiger partial charge on any atom is 2.00 e. The molecule has 410 valence electrons. The van der Waals surface area contributed by atoms with Crippen LogP contribution in [-0.4, -0.2) is 60.5 Å². The number of aromatic nitrogens is 8. The second-order valence-electron chi connectivity index (χ2n) is 14.0. The van der Waals surface area contributed by atoms with Crippen molar-refractivity contribution in [2.75, 3.05) is 0 Å². The summed E-state index contributed by atoms with van der Waals surface area (Å²) in [6, 6.07) is 32.4. The first kappa shape index (κ1) is 82.8. The van der Waals surface area contributed by atoms with E-state index in [1.165, 1.54) is 65.2 Å². The number of isothiocyanates is 4. The van der Waals surface area contributed by atoms with Gasteiger partial charge >= 0.3 is 34.1 Å². The van der Waals surface area contributed by atoms with Crippen molar-refractivity contribution in [2.45, 2.75) is 107 Å².